The molecule has 1 atom stereocenters. The van der Waals surface area contributed by atoms with Gasteiger partial charge in [0.25, 0.3) is 0 Å². The molecule has 0 aliphatic rings. The Morgan fingerprint density at radius 1 is 1.45 bits per heavy atom. The molecule has 1 aromatic carbocycles. The second-order valence-corrected chi connectivity index (χ2v) is 4.56. The molecular formula is C16H12F2N2O2. The first-order valence-electron chi connectivity index (χ1n) is 6.44. The van der Waals surface area contributed by atoms with Crippen LogP contribution >= 0.6 is 0 Å². The summed E-state index contributed by atoms with van der Waals surface area (Å²) in [4.78, 5) is 15.5. The summed E-state index contributed by atoms with van der Waals surface area (Å²) in [5.74, 6) is -1.09. The van der Waals surface area contributed by atoms with E-state index in [4.69, 9.17) is 10.00 Å². The van der Waals surface area contributed by atoms with E-state index in [1.165, 1.54) is 37.4 Å². The molecule has 0 bridgehead atoms. The molecule has 0 aliphatic heterocycles. The van der Waals surface area contributed by atoms with Gasteiger partial charge in [-0.25, -0.2) is 13.8 Å². The number of ether oxygens (including phenoxy) is 1. The lowest BCUT2D eigenvalue weighted by Gasteiger charge is -2.15. The number of nitrogens with zero attached hydrogens (tertiary/aromatic N) is 2. The molecule has 2 rings (SSSR count). The fourth-order valence-electron chi connectivity index (χ4n) is 2.04. The standard InChI is InChI=1S/C16H12F2N2O2/c1-9(21)13-8-20-11(7-19)6-12(13)16-14(18)4-3-5-15(16)22-10(2)17/h3-6,8,10H,1-2H3. The van der Waals surface area contributed by atoms with Crippen molar-refractivity contribution in [2.75, 3.05) is 0 Å². The number of ketones is 1. The lowest BCUT2D eigenvalue weighted by Crippen LogP contribution is -2.07. The predicted octanol–water partition coefficient (Wildman–Crippen LogP) is 3.66. The van der Waals surface area contributed by atoms with Gasteiger partial charge in [0.05, 0.1) is 5.56 Å². The van der Waals surface area contributed by atoms with E-state index in [1.54, 1.807) is 0 Å². The topological polar surface area (TPSA) is 63.0 Å². The third-order valence-corrected chi connectivity index (χ3v) is 2.93. The summed E-state index contributed by atoms with van der Waals surface area (Å²) in [5, 5.41) is 8.94. The summed E-state index contributed by atoms with van der Waals surface area (Å²) in [7, 11) is 0. The van der Waals surface area contributed by atoms with Crippen LogP contribution in [0.4, 0.5) is 8.78 Å². The molecule has 4 nitrogen and oxygen atoms in total. The molecule has 112 valence electrons. The molecule has 22 heavy (non-hydrogen) atoms. The molecule has 1 heterocycles. The largest absolute Gasteiger partial charge is 0.460 e. The Bertz CT molecular complexity index is 767. The lowest BCUT2D eigenvalue weighted by atomic mass is 9.97. The first kappa shape index (κ1) is 15.6. The van der Waals surface area contributed by atoms with E-state index in [2.05, 4.69) is 4.98 Å². The fourth-order valence-corrected chi connectivity index (χ4v) is 2.04. The minimum absolute atomic E-state index is 0.0162. The predicted molar refractivity (Wildman–Crippen MR) is 75.5 cm³/mol. The van der Waals surface area contributed by atoms with Crippen LogP contribution in [-0.4, -0.2) is 17.1 Å². The Kier molecular flexibility index (Phi) is 4.47. The average Bonchev–Trinajstić information content (AvgIpc) is 2.46. The number of nitriles is 1. The van der Waals surface area contributed by atoms with Crippen LogP contribution in [0.25, 0.3) is 11.1 Å². The highest BCUT2D eigenvalue weighted by Gasteiger charge is 2.20. The van der Waals surface area contributed by atoms with Gasteiger partial charge in [0.1, 0.15) is 23.3 Å². The van der Waals surface area contributed by atoms with Crippen molar-refractivity contribution in [1.82, 2.24) is 4.98 Å². The molecule has 0 saturated carbocycles. The second-order valence-electron chi connectivity index (χ2n) is 4.56. The maximum absolute atomic E-state index is 14.2. The van der Waals surface area contributed by atoms with Crippen LogP contribution in [-0.2, 0) is 0 Å². The summed E-state index contributed by atoms with van der Waals surface area (Å²) in [6.45, 7) is 2.46. The zero-order chi connectivity index (χ0) is 16.3. The van der Waals surface area contributed by atoms with E-state index in [1.807, 2.05) is 6.07 Å². The Morgan fingerprint density at radius 3 is 2.77 bits per heavy atom. The summed E-state index contributed by atoms with van der Waals surface area (Å²) >= 11 is 0. The monoisotopic (exact) mass is 302 g/mol. The van der Waals surface area contributed by atoms with Gasteiger partial charge in [-0.2, -0.15) is 5.26 Å². The Labute approximate surface area is 126 Å². The number of hydrogen-bond acceptors (Lipinski definition) is 4. The van der Waals surface area contributed by atoms with Crippen molar-refractivity contribution in [3.8, 4) is 22.9 Å². The number of hydrogen-bond donors (Lipinski definition) is 0. The molecule has 6 heteroatoms. The average molecular weight is 302 g/mol. The summed E-state index contributed by atoms with van der Waals surface area (Å²) in [6.07, 6.45) is -0.454. The SMILES string of the molecule is CC(=O)c1cnc(C#N)cc1-c1c(F)cccc1OC(C)F. The van der Waals surface area contributed by atoms with E-state index in [-0.39, 0.29) is 33.9 Å². The molecule has 0 spiro atoms. The summed E-state index contributed by atoms with van der Waals surface area (Å²) < 4.78 is 32.4. The zero-order valence-corrected chi connectivity index (χ0v) is 11.9. The van der Waals surface area contributed by atoms with Crippen LogP contribution in [0.3, 0.4) is 0 Å². The first-order valence-corrected chi connectivity index (χ1v) is 6.44. The minimum atomic E-state index is -1.65. The van der Waals surface area contributed by atoms with Gasteiger partial charge >= 0.3 is 0 Å². The van der Waals surface area contributed by atoms with Gasteiger partial charge in [-0.15, -0.1) is 0 Å². The van der Waals surface area contributed by atoms with Gasteiger partial charge < -0.3 is 4.74 Å². The van der Waals surface area contributed by atoms with Gasteiger partial charge in [0, 0.05) is 24.2 Å². The zero-order valence-electron chi connectivity index (χ0n) is 11.9. The van der Waals surface area contributed by atoms with Crippen molar-refractivity contribution in [3.63, 3.8) is 0 Å². The molecule has 1 aromatic heterocycles. The van der Waals surface area contributed by atoms with Gasteiger partial charge in [0.15, 0.2) is 5.78 Å². The first-order chi connectivity index (χ1) is 10.4. The van der Waals surface area contributed by atoms with Crippen molar-refractivity contribution in [1.29, 1.82) is 5.26 Å². The maximum Gasteiger partial charge on any atom is 0.235 e. The van der Waals surface area contributed by atoms with Gasteiger partial charge in [-0.3, -0.25) is 4.79 Å². The maximum atomic E-state index is 14.2. The highest BCUT2D eigenvalue weighted by molar-refractivity contribution is 6.01. The second kappa shape index (κ2) is 6.31. The van der Waals surface area contributed by atoms with Crippen LogP contribution in [0.1, 0.15) is 29.9 Å². The van der Waals surface area contributed by atoms with Gasteiger partial charge in [0.2, 0.25) is 6.36 Å². The van der Waals surface area contributed by atoms with Crippen molar-refractivity contribution < 1.29 is 18.3 Å². The molecule has 0 aliphatic carbocycles. The molecule has 0 N–H and O–H groups in total. The number of halogens is 2. The van der Waals surface area contributed by atoms with Crippen molar-refractivity contribution in [2.24, 2.45) is 0 Å². The van der Waals surface area contributed by atoms with Crippen LogP contribution in [0.15, 0.2) is 30.5 Å². The van der Waals surface area contributed by atoms with Crippen LogP contribution in [0.5, 0.6) is 5.75 Å². The van der Waals surface area contributed by atoms with E-state index in [9.17, 15) is 13.6 Å². The van der Waals surface area contributed by atoms with Crippen LogP contribution < -0.4 is 4.74 Å². The van der Waals surface area contributed by atoms with Crippen LogP contribution in [0.2, 0.25) is 0 Å². The van der Waals surface area contributed by atoms with E-state index >= 15 is 0 Å². The number of benzene rings is 1. The summed E-state index contributed by atoms with van der Waals surface area (Å²) in [5.41, 5.74) is 0.215. The molecule has 0 radical (unpaired) electrons. The third-order valence-electron chi connectivity index (χ3n) is 2.93. The van der Waals surface area contributed by atoms with Gasteiger partial charge in [-0.05, 0) is 25.1 Å². The number of alkyl halides is 1. The third kappa shape index (κ3) is 3.09. The number of carbonyl (C=O) groups excluding carboxylic acids is 1. The van der Waals surface area contributed by atoms with Crippen LogP contribution in [0, 0.1) is 17.1 Å². The number of rotatable bonds is 4. The van der Waals surface area contributed by atoms with Crippen molar-refractivity contribution in [2.45, 2.75) is 20.2 Å². The van der Waals surface area contributed by atoms with E-state index in [0.717, 1.165) is 6.92 Å². The number of Topliss-reactive ketones (excluding diaryl/α,β-unsaturated/α-hetero) is 1. The number of carbonyl (C=O) groups is 1. The Balaban J connectivity index is 2.75. The molecule has 1 unspecified atom stereocenters. The molecule has 0 saturated heterocycles. The molecule has 0 fully saturated rings. The molecule has 0 amide bonds. The lowest BCUT2D eigenvalue weighted by molar-refractivity contribution is 0.0864. The number of pyridine rings is 1. The smallest absolute Gasteiger partial charge is 0.235 e. The van der Waals surface area contributed by atoms with Gasteiger partial charge in [-0.1, -0.05) is 6.07 Å². The highest BCUT2D eigenvalue weighted by atomic mass is 19.1. The minimum Gasteiger partial charge on any atom is -0.460 e. The fraction of sp³-hybridized carbons (Fsp3) is 0.188. The molecule has 2 aromatic rings. The van der Waals surface area contributed by atoms with Crippen molar-refractivity contribution >= 4 is 5.78 Å². The summed E-state index contributed by atoms with van der Waals surface area (Å²) in [6, 6.07) is 7.04. The quantitative estimate of drug-likeness (QED) is 0.809. The normalized spacial score (nSPS) is 11.6. The Hall–Kier alpha value is -2.81. The Morgan fingerprint density at radius 2 is 2.18 bits per heavy atom. The number of aromatic nitrogens is 1. The highest BCUT2D eigenvalue weighted by Crippen LogP contribution is 2.35. The van der Waals surface area contributed by atoms with E-state index < -0.39 is 12.2 Å². The van der Waals surface area contributed by atoms with Crippen molar-refractivity contribution in [3.05, 3.63) is 47.5 Å². The van der Waals surface area contributed by atoms with E-state index in [0.29, 0.717) is 0 Å². The molecular weight excluding hydrogens is 290 g/mol.